The average molecular weight is 367 g/mol. The molecule has 0 aliphatic carbocycles. The molecule has 0 saturated carbocycles. The lowest BCUT2D eigenvalue weighted by atomic mass is 9.88. The lowest BCUT2D eigenvalue weighted by molar-refractivity contribution is -0.118. The second-order valence-electron chi connectivity index (χ2n) is 5.02. The highest BCUT2D eigenvalue weighted by Gasteiger charge is 2.29. The zero-order chi connectivity index (χ0) is 16.4. The van der Waals surface area contributed by atoms with Crippen molar-refractivity contribution in [2.24, 2.45) is 10.9 Å². The van der Waals surface area contributed by atoms with Gasteiger partial charge in [-0.15, -0.1) is 0 Å². The van der Waals surface area contributed by atoms with E-state index in [-0.39, 0.29) is 5.75 Å². The molecule has 0 saturated heterocycles. The first-order valence-corrected chi connectivity index (χ1v) is 7.67. The molecule has 0 spiro atoms. The van der Waals surface area contributed by atoms with Gasteiger partial charge in [-0.3, -0.25) is 4.79 Å². The first-order valence-electron chi connectivity index (χ1n) is 6.88. The van der Waals surface area contributed by atoms with Crippen molar-refractivity contribution in [2.45, 2.75) is 0 Å². The van der Waals surface area contributed by atoms with E-state index < -0.39 is 11.8 Å². The van der Waals surface area contributed by atoms with Gasteiger partial charge in [0.15, 0.2) is 5.92 Å². The molecule has 0 radical (unpaired) electrons. The molecule has 1 aliphatic rings. The van der Waals surface area contributed by atoms with Gasteiger partial charge in [0.2, 0.25) is 0 Å². The van der Waals surface area contributed by atoms with Crippen LogP contribution >= 0.6 is 15.9 Å². The Kier molecular flexibility index (Phi) is 4.09. The Morgan fingerprint density at radius 1 is 1.17 bits per heavy atom. The zero-order valence-corrected chi connectivity index (χ0v) is 13.5. The quantitative estimate of drug-likeness (QED) is 0.880. The van der Waals surface area contributed by atoms with Crippen LogP contribution in [0.2, 0.25) is 0 Å². The van der Waals surface area contributed by atoms with Crippen molar-refractivity contribution in [1.82, 2.24) is 0 Å². The maximum absolute atomic E-state index is 12.2. The number of phenols is 1. The molecule has 3 rings (SSSR count). The molecule has 112 valence electrons. The van der Waals surface area contributed by atoms with Crippen LogP contribution in [0.1, 0.15) is 11.1 Å². The minimum Gasteiger partial charge on any atom is -0.507 e. The molecular formula is C18H11BrN2O2. The molecule has 5 heteroatoms. The summed E-state index contributed by atoms with van der Waals surface area (Å²) in [6.45, 7) is 0. The van der Waals surface area contributed by atoms with E-state index in [9.17, 15) is 15.2 Å². The van der Waals surface area contributed by atoms with Gasteiger partial charge in [0.05, 0.1) is 11.8 Å². The predicted octanol–water partition coefficient (Wildman–Crippen LogP) is 3.71. The summed E-state index contributed by atoms with van der Waals surface area (Å²) in [5.41, 5.74) is 2.16. The van der Waals surface area contributed by atoms with Crippen LogP contribution in [0.4, 0.5) is 0 Å². The second kappa shape index (κ2) is 6.19. The number of nitriles is 1. The maximum atomic E-state index is 12.2. The van der Waals surface area contributed by atoms with Crippen LogP contribution in [-0.4, -0.2) is 16.7 Å². The highest BCUT2D eigenvalue weighted by Crippen LogP contribution is 2.31. The Labute approximate surface area is 141 Å². The van der Waals surface area contributed by atoms with Crippen LogP contribution in [0, 0.1) is 17.2 Å². The number of amides is 1. The highest BCUT2D eigenvalue weighted by molar-refractivity contribution is 9.10. The van der Waals surface area contributed by atoms with Crippen LogP contribution < -0.4 is 0 Å². The van der Waals surface area contributed by atoms with Gasteiger partial charge in [-0.05, 0) is 35.4 Å². The van der Waals surface area contributed by atoms with E-state index in [2.05, 4.69) is 20.9 Å². The van der Waals surface area contributed by atoms with Crippen molar-refractivity contribution in [1.29, 1.82) is 5.26 Å². The number of hydrogen-bond donors (Lipinski definition) is 1. The summed E-state index contributed by atoms with van der Waals surface area (Å²) >= 11 is 3.34. The van der Waals surface area contributed by atoms with E-state index in [4.69, 9.17) is 0 Å². The summed E-state index contributed by atoms with van der Waals surface area (Å²) in [7, 11) is 0. The van der Waals surface area contributed by atoms with E-state index in [1.54, 1.807) is 18.2 Å². The summed E-state index contributed by atoms with van der Waals surface area (Å²) in [6, 6.07) is 16.2. The van der Waals surface area contributed by atoms with Gasteiger partial charge in [0, 0.05) is 10.0 Å². The number of rotatable bonds is 2. The Hall–Kier alpha value is -2.71. The number of carbonyl (C=O) groups excluding carboxylic acids is 1. The van der Waals surface area contributed by atoms with Crippen molar-refractivity contribution in [2.75, 3.05) is 0 Å². The number of phenolic OH excluding ortho intramolecular Hbond substituents is 1. The fraction of sp³-hybridized carbons (Fsp3) is 0.0556. The molecule has 1 atom stereocenters. The molecule has 0 bridgehead atoms. The van der Waals surface area contributed by atoms with Gasteiger partial charge in [-0.1, -0.05) is 46.3 Å². The average Bonchev–Trinajstić information content (AvgIpc) is 2.57. The van der Waals surface area contributed by atoms with Gasteiger partial charge >= 0.3 is 0 Å². The Bertz CT molecular complexity index is 880. The minimum absolute atomic E-state index is 0.0267. The molecular weight excluding hydrogens is 356 g/mol. The third-order valence-corrected chi connectivity index (χ3v) is 4.04. The van der Waals surface area contributed by atoms with Gasteiger partial charge in [-0.2, -0.15) is 5.26 Å². The largest absolute Gasteiger partial charge is 0.507 e. The fourth-order valence-electron chi connectivity index (χ4n) is 2.44. The molecule has 0 fully saturated rings. The summed E-state index contributed by atoms with van der Waals surface area (Å²) in [4.78, 5) is 16.2. The summed E-state index contributed by atoms with van der Waals surface area (Å²) in [5, 5.41) is 19.4. The Morgan fingerprint density at radius 2 is 1.91 bits per heavy atom. The Balaban J connectivity index is 2.16. The molecule has 1 N–H and O–H groups in total. The second-order valence-corrected chi connectivity index (χ2v) is 5.94. The number of aliphatic imine (C=N–C) groups is 1. The van der Waals surface area contributed by atoms with E-state index in [1.165, 1.54) is 6.07 Å². The highest BCUT2D eigenvalue weighted by atomic mass is 79.9. The van der Waals surface area contributed by atoms with Crippen molar-refractivity contribution < 1.29 is 9.90 Å². The number of hydrogen-bond acceptors (Lipinski definition) is 3. The van der Waals surface area contributed by atoms with Crippen LogP contribution in [0.15, 0.2) is 64.1 Å². The number of benzene rings is 2. The SMILES string of the molecule is N#CC1C(=O)N=C(c2cc(Br)ccc2O)C=C1c1ccccc1. The van der Waals surface area contributed by atoms with E-state index in [1.807, 2.05) is 36.4 Å². The van der Waals surface area contributed by atoms with E-state index in [0.29, 0.717) is 16.8 Å². The summed E-state index contributed by atoms with van der Waals surface area (Å²) in [5.74, 6) is -1.43. The van der Waals surface area contributed by atoms with Gasteiger partial charge in [0.25, 0.3) is 5.91 Å². The smallest absolute Gasteiger partial charge is 0.268 e. The maximum Gasteiger partial charge on any atom is 0.268 e. The van der Waals surface area contributed by atoms with Gasteiger partial charge in [-0.25, -0.2) is 4.99 Å². The number of carbonyl (C=O) groups is 1. The number of nitrogens with zero attached hydrogens (tertiary/aromatic N) is 2. The zero-order valence-electron chi connectivity index (χ0n) is 11.9. The first-order chi connectivity index (χ1) is 11.1. The molecule has 1 amide bonds. The topological polar surface area (TPSA) is 73.5 Å². The molecule has 2 aromatic carbocycles. The molecule has 1 aliphatic heterocycles. The standard InChI is InChI=1S/C18H11BrN2O2/c19-12-6-7-17(22)14(8-12)16-9-13(11-4-2-1-3-5-11)15(10-20)18(23)21-16/h1-9,15,22H. The molecule has 23 heavy (non-hydrogen) atoms. The van der Waals surface area contributed by atoms with Crippen molar-refractivity contribution >= 4 is 33.1 Å². The number of dihydropyridines is 1. The number of allylic oxidation sites excluding steroid dienone is 1. The van der Waals surface area contributed by atoms with Crippen molar-refractivity contribution in [3.63, 3.8) is 0 Å². The van der Waals surface area contributed by atoms with E-state index >= 15 is 0 Å². The van der Waals surface area contributed by atoms with Gasteiger partial charge in [0.1, 0.15) is 5.75 Å². The van der Waals surface area contributed by atoms with Crippen LogP contribution in [0.3, 0.4) is 0 Å². The monoisotopic (exact) mass is 366 g/mol. The fourth-order valence-corrected chi connectivity index (χ4v) is 2.80. The van der Waals surface area contributed by atoms with Crippen LogP contribution in [0.5, 0.6) is 5.75 Å². The number of halogens is 1. The molecule has 4 nitrogen and oxygen atoms in total. The summed E-state index contributed by atoms with van der Waals surface area (Å²) < 4.78 is 0.762. The van der Waals surface area contributed by atoms with Crippen LogP contribution in [-0.2, 0) is 4.79 Å². The molecule has 1 unspecified atom stereocenters. The molecule has 1 heterocycles. The third-order valence-electron chi connectivity index (χ3n) is 3.55. The molecule has 0 aromatic heterocycles. The predicted molar refractivity (Wildman–Crippen MR) is 90.9 cm³/mol. The Morgan fingerprint density at radius 3 is 2.61 bits per heavy atom. The van der Waals surface area contributed by atoms with Crippen LogP contribution in [0.25, 0.3) is 5.57 Å². The first kappa shape index (κ1) is 15.2. The van der Waals surface area contributed by atoms with Crippen molar-refractivity contribution in [3.05, 3.63) is 70.2 Å². The molecule has 2 aromatic rings. The minimum atomic E-state index is -0.935. The lowest BCUT2D eigenvalue weighted by Crippen LogP contribution is -2.20. The van der Waals surface area contributed by atoms with Crippen molar-refractivity contribution in [3.8, 4) is 11.8 Å². The lowest BCUT2D eigenvalue weighted by Gasteiger charge is -2.18. The number of aromatic hydroxyl groups is 1. The normalized spacial score (nSPS) is 17.2. The van der Waals surface area contributed by atoms with E-state index in [0.717, 1.165) is 10.0 Å². The third kappa shape index (κ3) is 2.94. The van der Waals surface area contributed by atoms with Gasteiger partial charge < -0.3 is 5.11 Å². The summed E-state index contributed by atoms with van der Waals surface area (Å²) in [6.07, 6.45) is 1.69.